The molecule has 2 aromatic rings. The summed E-state index contributed by atoms with van der Waals surface area (Å²) in [4.78, 5) is 22.7. The summed E-state index contributed by atoms with van der Waals surface area (Å²) < 4.78 is 0. The van der Waals surface area contributed by atoms with Gasteiger partial charge in [-0.05, 0) is 30.4 Å². The molecular formula is C19H21NO3. The van der Waals surface area contributed by atoms with E-state index in [4.69, 9.17) is 0 Å². The number of hydrogen-bond donors (Lipinski definition) is 2. The van der Waals surface area contributed by atoms with Crippen LogP contribution in [0, 0.1) is 0 Å². The predicted octanol–water partition coefficient (Wildman–Crippen LogP) is 2.47. The highest BCUT2D eigenvalue weighted by Gasteiger charge is 2.21. The fraction of sp³-hybridized carbons (Fsp3) is 0.263. The van der Waals surface area contributed by atoms with Gasteiger partial charge in [0, 0.05) is 0 Å². The molecule has 0 bridgehead atoms. The molecule has 2 aromatic carbocycles. The maximum absolute atomic E-state index is 11.4. The summed E-state index contributed by atoms with van der Waals surface area (Å²) in [7, 11) is 0. The van der Waals surface area contributed by atoms with E-state index in [1.165, 1.54) is 0 Å². The molecule has 0 aliphatic carbocycles. The van der Waals surface area contributed by atoms with Crippen LogP contribution < -0.4 is 5.32 Å². The van der Waals surface area contributed by atoms with Crippen molar-refractivity contribution < 1.29 is 14.7 Å². The molecule has 2 atom stereocenters. The number of hydrogen-bond acceptors (Lipinski definition) is 3. The van der Waals surface area contributed by atoms with Crippen LogP contribution in [0.1, 0.15) is 17.5 Å². The Morgan fingerprint density at radius 2 is 1.57 bits per heavy atom. The third kappa shape index (κ3) is 5.68. The lowest BCUT2D eigenvalue weighted by atomic mass is 10.0. The van der Waals surface area contributed by atoms with E-state index in [9.17, 15) is 14.7 Å². The van der Waals surface area contributed by atoms with E-state index in [0.29, 0.717) is 19.3 Å². The number of carboxylic acid groups (broad SMARTS) is 1. The van der Waals surface area contributed by atoms with Gasteiger partial charge in [-0.3, -0.25) is 10.1 Å². The molecule has 0 saturated heterocycles. The number of carbonyl (C=O) groups is 2. The number of aryl methyl sites for hydroxylation is 1. The van der Waals surface area contributed by atoms with E-state index in [1.807, 2.05) is 60.7 Å². The van der Waals surface area contributed by atoms with Gasteiger partial charge >= 0.3 is 5.97 Å². The van der Waals surface area contributed by atoms with Crippen molar-refractivity contribution in [1.82, 2.24) is 5.32 Å². The van der Waals surface area contributed by atoms with Gasteiger partial charge in [-0.2, -0.15) is 0 Å². The molecule has 0 amide bonds. The molecule has 4 heteroatoms. The van der Waals surface area contributed by atoms with E-state index in [2.05, 4.69) is 5.32 Å². The van der Waals surface area contributed by atoms with Gasteiger partial charge in [0.15, 0.2) is 0 Å². The van der Waals surface area contributed by atoms with Crippen LogP contribution in [0.3, 0.4) is 0 Å². The Kier molecular flexibility index (Phi) is 6.51. The average Bonchev–Trinajstić information content (AvgIpc) is 2.59. The first-order valence-electron chi connectivity index (χ1n) is 7.71. The van der Waals surface area contributed by atoms with E-state index >= 15 is 0 Å². The molecule has 0 heterocycles. The van der Waals surface area contributed by atoms with Gasteiger partial charge in [-0.25, -0.2) is 0 Å². The normalized spacial score (nSPS) is 13.2. The molecule has 0 radical (unpaired) electrons. The van der Waals surface area contributed by atoms with Crippen LogP contribution >= 0.6 is 0 Å². The molecule has 4 nitrogen and oxygen atoms in total. The SMILES string of the molecule is O=CC(Cc1ccccc1)NC(CCc1ccccc1)C(=O)O. The van der Waals surface area contributed by atoms with Crippen molar-refractivity contribution in [2.24, 2.45) is 0 Å². The molecule has 0 spiro atoms. The molecule has 23 heavy (non-hydrogen) atoms. The van der Waals surface area contributed by atoms with Crippen LogP contribution in [0.4, 0.5) is 0 Å². The van der Waals surface area contributed by atoms with E-state index in [-0.39, 0.29) is 0 Å². The van der Waals surface area contributed by atoms with Gasteiger partial charge in [0.25, 0.3) is 0 Å². The molecule has 2 N–H and O–H groups in total. The van der Waals surface area contributed by atoms with Gasteiger partial charge in [0.1, 0.15) is 12.3 Å². The summed E-state index contributed by atoms with van der Waals surface area (Å²) in [5.74, 6) is -0.930. The molecule has 0 aliphatic rings. The second-order valence-electron chi connectivity index (χ2n) is 5.51. The summed E-state index contributed by atoms with van der Waals surface area (Å²) in [5.41, 5.74) is 2.09. The summed E-state index contributed by atoms with van der Waals surface area (Å²) in [6, 6.07) is 18.1. The summed E-state index contributed by atoms with van der Waals surface area (Å²) in [5, 5.41) is 12.3. The van der Waals surface area contributed by atoms with Gasteiger partial charge in [0.2, 0.25) is 0 Å². The van der Waals surface area contributed by atoms with Gasteiger partial charge in [-0.15, -0.1) is 0 Å². The minimum Gasteiger partial charge on any atom is -0.480 e. The highest BCUT2D eigenvalue weighted by molar-refractivity contribution is 5.74. The van der Waals surface area contributed by atoms with Crippen molar-refractivity contribution in [1.29, 1.82) is 0 Å². The molecule has 0 saturated carbocycles. The van der Waals surface area contributed by atoms with Crippen LogP contribution in [-0.2, 0) is 22.4 Å². The number of aliphatic carboxylic acids is 1. The molecule has 120 valence electrons. The number of benzene rings is 2. The van der Waals surface area contributed by atoms with Crippen molar-refractivity contribution >= 4 is 12.3 Å². The van der Waals surface area contributed by atoms with Gasteiger partial charge < -0.3 is 9.90 Å². The van der Waals surface area contributed by atoms with Crippen LogP contribution in [0.15, 0.2) is 60.7 Å². The lowest BCUT2D eigenvalue weighted by molar-refractivity contribution is -0.139. The highest BCUT2D eigenvalue weighted by atomic mass is 16.4. The fourth-order valence-corrected chi connectivity index (χ4v) is 2.51. The van der Waals surface area contributed by atoms with Crippen molar-refractivity contribution in [3.63, 3.8) is 0 Å². The van der Waals surface area contributed by atoms with E-state index in [0.717, 1.165) is 17.4 Å². The van der Waals surface area contributed by atoms with E-state index in [1.54, 1.807) is 0 Å². The zero-order valence-corrected chi connectivity index (χ0v) is 12.9. The van der Waals surface area contributed by atoms with E-state index < -0.39 is 18.1 Å². The van der Waals surface area contributed by atoms with Crippen molar-refractivity contribution in [3.05, 3.63) is 71.8 Å². The maximum atomic E-state index is 11.4. The first-order valence-corrected chi connectivity index (χ1v) is 7.71. The maximum Gasteiger partial charge on any atom is 0.320 e. The summed E-state index contributed by atoms with van der Waals surface area (Å²) in [6.07, 6.45) is 2.37. The molecule has 0 aliphatic heterocycles. The topological polar surface area (TPSA) is 66.4 Å². The van der Waals surface area contributed by atoms with Crippen LogP contribution in [-0.4, -0.2) is 29.4 Å². The smallest absolute Gasteiger partial charge is 0.320 e. The van der Waals surface area contributed by atoms with Crippen molar-refractivity contribution in [2.75, 3.05) is 0 Å². The second-order valence-corrected chi connectivity index (χ2v) is 5.51. The molecular weight excluding hydrogens is 290 g/mol. The summed E-state index contributed by atoms with van der Waals surface area (Å²) >= 11 is 0. The number of carboxylic acids is 1. The summed E-state index contributed by atoms with van der Waals surface area (Å²) in [6.45, 7) is 0. The Morgan fingerprint density at radius 1 is 1.00 bits per heavy atom. The highest BCUT2D eigenvalue weighted by Crippen LogP contribution is 2.08. The average molecular weight is 311 g/mol. The lowest BCUT2D eigenvalue weighted by Gasteiger charge is -2.19. The second kappa shape index (κ2) is 8.86. The van der Waals surface area contributed by atoms with Crippen molar-refractivity contribution in [2.45, 2.75) is 31.3 Å². The van der Waals surface area contributed by atoms with Crippen LogP contribution in [0.2, 0.25) is 0 Å². The molecule has 2 unspecified atom stereocenters. The Morgan fingerprint density at radius 3 is 2.09 bits per heavy atom. The number of aldehydes is 1. The Bertz CT molecular complexity index is 613. The number of nitrogens with one attached hydrogen (secondary N) is 1. The fourth-order valence-electron chi connectivity index (χ4n) is 2.51. The van der Waals surface area contributed by atoms with Gasteiger partial charge in [-0.1, -0.05) is 60.7 Å². The third-order valence-corrected chi connectivity index (χ3v) is 3.74. The zero-order valence-electron chi connectivity index (χ0n) is 12.9. The minimum atomic E-state index is -0.930. The predicted molar refractivity (Wildman–Crippen MR) is 89.3 cm³/mol. The Hall–Kier alpha value is -2.46. The lowest BCUT2D eigenvalue weighted by Crippen LogP contribution is -2.45. The molecule has 0 aromatic heterocycles. The van der Waals surface area contributed by atoms with Gasteiger partial charge in [0.05, 0.1) is 6.04 Å². The molecule has 2 rings (SSSR count). The molecule has 0 fully saturated rings. The Balaban J connectivity index is 1.94. The monoisotopic (exact) mass is 311 g/mol. The van der Waals surface area contributed by atoms with Crippen molar-refractivity contribution in [3.8, 4) is 0 Å². The van der Waals surface area contributed by atoms with Crippen LogP contribution in [0.5, 0.6) is 0 Å². The minimum absolute atomic E-state index is 0.443. The number of carbonyl (C=O) groups excluding carboxylic acids is 1. The largest absolute Gasteiger partial charge is 0.480 e. The zero-order chi connectivity index (χ0) is 16.5. The first-order chi connectivity index (χ1) is 11.2. The standard InChI is InChI=1S/C19H21NO3/c21-14-17(13-16-9-5-2-6-10-16)20-18(19(22)23)12-11-15-7-3-1-4-8-15/h1-10,14,17-18,20H,11-13H2,(H,22,23). The van der Waals surface area contributed by atoms with Crippen LogP contribution in [0.25, 0.3) is 0 Å². The quantitative estimate of drug-likeness (QED) is 0.698. The Labute approximate surface area is 136 Å². The number of rotatable bonds is 9. The first kappa shape index (κ1) is 16.9. The third-order valence-electron chi connectivity index (χ3n) is 3.74.